The minimum atomic E-state index is -0.447. The Labute approximate surface area is 157 Å². The summed E-state index contributed by atoms with van der Waals surface area (Å²) < 4.78 is 14.5. The van der Waals surface area contributed by atoms with Gasteiger partial charge in [0, 0.05) is 11.6 Å². The lowest BCUT2D eigenvalue weighted by Gasteiger charge is -2.10. The highest BCUT2D eigenvalue weighted by atomic mass is 32.2. The summed E-state index contributed by atoms with van der Waals surface area (Å²) in [5.41, 5.74) is 0.153. The summed E-state index contributed by atoms with van der Waals surface area (Å²) in [5.74, 6) is -0.0919. The van der Waals surface area contributed by atoms with Crippen LogP contribution >= 0.6 is 11.8 Å². The zero-order valence-electron chi connectivity index (χ0n) is 14.3. The van der Waals surface area contributed by atoms with Gasteiger partial charge in [0.15, 0.2) is 5.69 Å². The normalized spacial score (nSPS) is 14.7. The van der Waals surface area contributed by atoms with E-state index in [9.17, 15) is 14.0 Å². The van der Waals surface area contributed by atoms with Gasteiger partial charge in [-0.3, -0.25) is 14.6 Å². The third-order valence-electron chi connectivity index (χ3n) is 4.42. The quantitative estimate of drug-likeness (QED) is 0.646. The third kappa shape index (κ3) is 3.85. The summed E-state index contributed by atoms with van der Waals surface area (Å²) in [6.45, 7) is 0. The number of nitrogens with one attached hydrogen (secondary N) is 2. The molecule has 1 saturated carbocycles. The molecular weight excluding hydrogens is 371 g/mol. The van der Waals surface area contributed by atoms with E-state index < -0.39 is 11.4 Å². The summed E-state index contributed by atoms with van der Waals surface area (Å²) in [5, 5.41) is 15.6. The number of benzene rings is 1. The van der Waals surface area contributed by atoms with Gasteiger partial charge >= 0.3 is 0 Å². The van der Waals surface area contributed by atoms with Gasteiger partial charge in [0.05, 0.1) is 5.75 Å². The number of nitrogens with zero attached hydrogens (tertiary/aromatic N) is 4. The van der Waals surface area contributed by atoms with Crippen molar-refractivity contribution >= 4 is 23.4 Å². The van der Waals surface area contributed by atoms with Gasteiger partial charge < -0.3 is 5.32 Å². The van der Waals surface area contributed by atoms with Crippen molar-refractivity contribution in [1.29, 1.82) is 0 Å². The van der Waals surface area contributed by atoms with Gasteiger partial charge in [0.1, 0.15) is 5.82 Å². The Morgan fingerprint density at radius 3 is 2.74 bits per heavy atom. The van der Waals surface area contributed by atoms with E-state index in [0.717, 1.165) is 25.7 Å². The first-order valence-corrected chi connectivity index (χ1v) is 9.62. The largest absolute Gasteiger partial charge is 0.353 e. The van der Waals surface area contributed by atoms with Crippen LogP contribution in [0.3, 0.4) is 0 Å². The van der Waals surface area contributed by atoms with Crippen LogP contribution in [0.4, 0.5) is 4.39 Å². The number of fused-ring (bicyclic) bond motifs is 1. The zero-order chi connectivity index (χ0) is 18.8. The number of H-pyrrole nitrogens is 1. The predicted molar refractivity (Wildman–Crippen MR) is 97.9 cm³/mol. The fraction of sp³-hybridized carbons (Fsp3) is 0.353. The Morgan fingerprint density at radius 1 is 1.26 bits per heavy atom. The molecule has 1 aliphatic carbocycles. The van der Waals surface area contributed by atoms with Gasteiger partial charge in [-0.05, 0) is 37.1 Å². The third-order valence-corrected chi connectivity index (χ3v) is 5.34. The monoisotopic (exact) mass is 388 g/mol. The van der Waals surface area contributed by atoms with Crippen molar-refractivity contribution in [2.24, 2.45) is 0 Å². The number of carbonyl (C=O) groups excluding carboxylic acids is 1. The Balaban J connectivity index is 1.55. The van der Waals surface area contributed by atoms with Crippen LogP contribution in [0.2, 0.25) is 0 Å². The fourth-order valence-electron chi connectivity index (χ4n) is 3.10. The van der Waals surface area contributed by atoms with Crippen molar-refractivity contribution in [3.05, 3.63) is 40.4 Å². The van der Waals surface area contributed by atoms with Crippen molar-refractivity contribution in [2.45, 2.75) is 36.9 Å². The van der Waals surface area contributed by atoms with Crippen LogP contribution in [0.5, 0.6) is 0 Å². The standard InChI is InChI=1S/C17H17FN6O2S/c18-11-7-5-10(6-8-11)14-15(26)20-16-21-22-17(24(16)23-14)27-9-13(25)19-12-3-1-2-4-12/h5-8,12H,1-4,9H2,(H,19,25)(H,20,21,26). The first kappa shape index (κ1) is 17.7. The number of aromatic amines is 1. The number of carbonyl (C=O) groups is 1. The maximum absolute atomic E-state index is 13.1. The summed E-state index contributed by atoms with van der Waals surface area (Å²) in [4.78, 5) is 26.9. The molecule has 140 valence electrons. The van der Waals surface area contributed by atoms with E-state index in [4.69, 9.17) is 0 Å². The van der Waals surface area contributed by atoms with Crippen molar-refractivity contribution < 1.29 is 9.18 Å². The van der Waals surface area contributed by atoms with Gasteiger partial charge in [0.25, 0.3) is 11.3 Å². The molecule has 0 saturated heterocycles. The van der Waals surface area contributed by atoms with E-state index in [2.05, 4.69) is 25.6 Å². The highest BCUT2D eigenvalue weighted by Crippen LogP contribution is 2.20. The number of thioether (sulfide) groups is 1. The van der Waals surface area contributed by atoms with Crippen molar-refractivity contribution in [3.8, 4) is 11.3 Å². The Kier molecular flexibility index (Phi) is 4.88. The van der Waals surface area contributed by atoms with Gasteiger partial charge in [-0.15, -0.1) is 10.2 Å². The van der Waals surface area contributed by atoms with Crippen LogP contribution in [0.15, 0.2) is 34.2 Å². The molecule has 10 heteroatoms. The topological polar surface area (TPSA) is 105 Å². The van der Waals surface area contributed by atoms with Gasteiger partial charge in [0.2, 0.25) is 11.1 Å². The molecule has 1 fully saturated rings. The second-order valence-electron chi connectivity index (χ2n) is 6.37. The van der Waals surface area contributed by atoms with Gasteiger partial charge in [-0.25, -0.2) is 4.39 Å². The maximum atomic E-state index is 13.1. The highest BCUT2D eigenvalue weighted by molar-refractivity contribution is 7.99. The van der Waals surface area contributed by atoms with Crippen LogP contribution in [0.1, 0.15) is 25.7 Å². The second-order valence-corrected chi connectivity index (χ2v) is 7.31. The lowest BCUT2D eigenvalue weighted by Crippen LogP contribution is -2.33. The Bertz CT molecular complexity index is 1030. The molecule has 0 unspecified atom stereocenters. The number of hydrogen-bond acceptors (Lipinski definition) is 6. The predicted octanol–water partition coefficient (Wildman–Crippen LogP) is 1.77. The van der Waals surface area contributed by atoms with Crippen molar-refractivity contribution in [2.75, 3.05) is 5.75 Å². The van der Waals surface area contributed by atoms with E-state index in [0.29, 0.717) is 10.7 Å². The minimum absolute atomic E-state index is 0.0631. The van der Waals surface area contributed by atoms with Gasteiger partial charge in [-0.1, -0.05) is 24.6 Å². The van der Waals surface area contributed by atoms with E-state index in [1.165, 1.54) is 40.5 Å². The molecular formula is C17H17FN6O2S. The molecule has 1 amide bonds. The molecule has 8 nitrogen and oxygen atoms in total. The molecule has 2 aromatic heterocycles. The molecule has 0 spiro atoms. The molecule has 1 aliphatic rings. The maximum Gasteiger partial charge on any atom is 0.279 e. The molecule has 0 aliphatic heterocycles. The Hall–Kier alpha value is -2.75. The number of halogens is 1. The molecule has 2 N–H and O–H groups in total. The molecule has 27 heavy (non-hydrogen) atoms. The van der Waals surface area contributed by atoms with Crippen LogP contribution in [-0.4, -0.2) is 42.5 Å². The van der Waals surface area contributed by atoms with Crippen LogP contribution in [0, 0.1) is 5.82 Å². The average Bonchev–Trinajstić information content (AvgIpc) is 3.29. The zero-order valence-corrected chi connectivity index (χ0v) is 15.1. The lowest BCUT2D eigenvalue weighted by atomic mass is 10.2. The Morgan fingerprint density at radius 2 is 2.00 bits per heavy atom. The minimum Gasteiger partial charge on any atom is -0.353 e. The molecule has 0 radical (unpaired) electrons. The highest BCUT2D eigenvalue weighted by Gasteiger charge is 2.18. The van der Waals surface area contributed by atoms with E-state index in [1.54, 1.807) is 0 Å². The number of hydrogen-bond donors (Lipinski definition) is 2. The average molecular weight is 388 g/mol. The summed E-state index contributed by atoms with van der Waals surface area (Å²) in [6.07, 6.45) is 4.34. The SMILES string of the molecule is O=C(CSc1nnc2[nH]c(=O)c(-c3ccc(F)cc3)nn12)NC1CCCC1. The number of rotatable bonds is 5. The number of aromatic nitrogens is 5. The lowest BCUT2D eigenvalue weighted by molar-refractivity contribution is -0.119. The van der Waals surface area contributed by atoms with E-state index in [-0.39, 0.29) is 29.2 Å². The molecule has 0 atom stereocenters. The molecule has 2 heterocycles. The van der Waals surface area contributed by atoms with Crippen molar-refractivity contribution in [1.82, 2.24) is 30.1 Å². The molecule has 1 aromatic carbocycles. The fourth-order valence-corrected chi connectivity index (χ4v) is 3.79. The van der Waals surface area contributed by atoms with Gasteiger partial charge in [-0.2, -0.15) is 9.61 Å². The molecule has 3 aromatic rings. The first-order chi connectivity index (χ1) is 13.1. The van der Waals surface area contributed by atoms with E-state index in [1.807, 2.05) is 0 Å². The van der Waals surface area contributed by atoms with Crippen molar-refractivity contribution in [3.63, 3.8) is 0 Å². The molecule has 4 rings (SSSR count). The first-order valence-electron chi connectivity index (χ1n) is 8.64. The van der Waals surface area contributed by atoms with E-state index >= 15 is 0 Å². The van der Waals surface area contributed by atoms with Crippen LogP contribution in [-0.2, 0) is 4.79 Å². The summed E-state index contributed by atoms with van der Waals surface area (Å²) in [7, 11) is 0. The summed E-state index contributed by atoms with van der Waals surface area (Å²) in [6, 6.07) is 5.73. The second kappa shape index (κ2) is 7.47. The van der Waals surface area contributed by atoms with Crippen LogP contribution in [0.25, 0.3) is 17.0 Å². The number of amides is 1. The smallest absolute Gasteiger partial charge is 0.279 e. The molecule has 0 bridgehead atoms. The van der Waals surface area contributed by atoms with Crippen LogP contribution < -0.4 is 10.9 Å². The summed E-state index contributed by atoms with van der Waals surface area (Å²) >= 11 is 1.19.